The van der Waals surface area contributed by atoms with Crippen LogP contribution in [0.2, 0.25) is 0 Å². The smallest absolute Gasteiger partial charge is 0.280 e. The Kier molecular flexibility index (Phi) is 2.42. The van der Waals surface area contributed by atoms with Gasteiger partial charge >= 0.3 is 0 Å². The van der Waals surface area contributed by atoms with E-state index in [1.54, 1.807) is 6.07 Å². The van der Waals surface area contributed by atoms with Gasteiger partial charge in [-0.15, -0.1) is 0 Å². The second-order valence-electron chi connectivity index (χ2n) is 2.51. The molecule has 1 aromatic rings. The number of pyridine rings is 1. The molecule has 1 rings (SSSR count). The van der Waals surface area contributed by atoms with Crippen LogP contribution in [0, 0.1) is 18.3 Å². The Bertz CT molecular complexity index is 368. The molecule has 0 aliphatic carbocycles. The summed E-state index contributed by atoms with van der Waals surface area (Å²) in [7, 11) is 0. The first-order chi connectivity index (χ1) is 6.07. The molecule has 5 heteroatoms. The molecule has 13 heavy (non-hydrogen) atoms. The van der Waals surface area contributed by atoms with Gasteiger partial charge in [0.25, 0.3) is 6.43 Å². The molecule has 3 nitrogen and oxygen atoms in total. The van der Waals surface area contributed by atoms with Crippen LogP contribution in [0.1, 0.15) is 23.2 Å². The molecule has 0 unspecified atom stereocenters. The maximum absolute atomic E-state index is 12.2. The topological polar surface area (TPSA) is 62.7 Å². The molecular formula is C8H7F2N3. The van der Waals surface area contributed by atoms with Gasteiger partial charge in [-0.1, -0.05) is 0 Å². The summed E-state index contributed by atoms with van der Waals surface area (Å²) in [5.74, 6) is 0. The SMILES string of the molecule is Cc1c(C(F)F)ncc(C#N)c1N. The van der Waals surface area contributed by atoms with Crippen molar-refractivity contribution in [1.29, 1.82) is 5.26 Å². The number of rotatable bonds is 1. The Morgan fingerprint density at radius 2 is 2.23 bits per heavy atom. The molecule has 2 N–H and O–H groups in total. The van der Waals surface area contributed by atoms with Crippen molar-refractivity contribution in [2.24, 2.45) is 0 Å². The van der Waals surface area contributed by atoms with E-state index in [9.17, 15) is 8.78 Å². The van der Waals surface area contributed by atoms with Crippen LogP contribution in [-0.4, -0.2) is 4.98 Å². The van der Waals surface area contributed by atoms with Crippen molar-refractivity contribution in [3.05, 3.63) is 23.0 Å². The van der Waals surface area contributed by atoms with E-state index in [1.165, 1.54) is 6.92 Å². The van der Waals surface area contributed by atoms with Crippen molar-refractivity contribution in [2.75, 3.05) is 5.73 Å². The van der Waals surface area contributed by atoms with Crippen molar-refractivity contribution in [2.45, 2.75) is 13.3 Å². The largest absolute Gasteiger partial charge is 0.397 e. The Labute approximate surface area is 73.8 Å². The van der Waals surface area contributed by atoms with Crippen LogP contribution in [0.25, 0.3) is 0 Å². The van der Waals surface area contributed by atoms with Crippen LogP contribution >= 0.6 is 0 Å². The molecule has 0 spiro atoms. The van der Waals surface area contributed by atoms with Gasteiger partial charge in [0.05, 0.1) is 11.3 Å². The minimum atomic E-state index is -2.66. The molecular weight excluding hydrogens is 176 g/mol. The summed E-state index contributed by atoms with van der Waals surface area (Å²) in [4.78, 5) is 3.46. The van der Waals surface area contributed by atoms with Crippen molar-refractivity contribution >= 4 is 5.69 Å². The molecule has 0 aromatic carbocycles. The number of alkyl halides is 2. The minimum Gasteiger partial charge on any atom is -0.397 e. The summed E-state index contributed by atoms with van der Waals surface area (Å²) in [5, 5.41) is 8.51. The van der Waals surface area contributed by atoms with E-state index in [2.05, 4.69) is 4.98 Å². The van der Waals surface area contributed by atoms with Crippen molar-refractivity contribution in [3.63, 3.8) is 0 Å². The predicted octanol–water partition coefficient (Wildman–Crippen LogP) is 1.78. The van der Waals surface area contributed by atoms with Gasteiger partial charge in [0.15, 0.2) is 0 Å². The van der Waals surface area contributed by atoms with Crippen LogP contribution in [-0.2, 0) is 0 Å². The predicted molar refractivity (Wildman–Crippen MR) is 43.1 cm³/mol. The van der Waals surface area contributed by atoms with Gasteiger partial charge in [-0.2, -0.15) is 5.26 Å². The van der Waals surface area contributed by atoms with E-state index < -0.39 is 6.43 Å². The summed E-state index contributed by atoms with van der Waals surface area (Å²) >= 11 is 0. The van der Waals surface area contributed by atoms with Gasteiger partial charge in [-0.05, 0) is 6.92 Å². The minimum absolute atomic E-state index is 0.0767. The zero-order chi connectivity index (χ0) is 10.0. The van der Waals surface area contributed by atoms with Gasteiger partial charge in [0.1, 0.15) is 11.8 Å². The number of nitrogen functional groups attached to an aromatic ring is 1. The normalized spacial score (nSPS) is 10.1. The maximum atomic E-state index is 12.2. The van der Waals surface area contributed by atoms with E-state index in [-0.39, 0.29) is 22.5 Å². The van der Waals surface area contributed by atoms with Crippen LogP contribution in [0.4, 0.5) is 14.5 Å². The second-order valence-corrected chi connectivity index (χ2v) is 2.51. The zero-order valence-corrected chi connectivity index (χ0v) is 6.88. The molecule has 0 saturated heterocycles. The summed E-state index contributed by atoms with van der Waals surface area (Å²) in [6.07, 6.45) is -1.60. The molecule has 0 fully saturated rings. The highest BCUT2D eigenvalue weighted by Crippen LogP contribution is 2.25. The Balaban J connectivity index is 3.33. The van der Waals surface area contributed by atoms with E-state index >= 15 is 0 Å². The molecule has 1 aromatic heterocycles. The highest BCUT2D eigenvalue weighted by Gasteiger charge is 2.15. The van der Waals surface area contributed by atoms with E-state index in [0.717, 1.165) is 6.20 Å². The number of nitrogens with two attached hydrogens (primary N) is 1. The molecule has 0 bridgehead atoms. The van der Waals surface area contributed by atoms with Gasteiger partial charge in [0, 0.05) is 11.8 Å². The van der Waals surface area contributed by atoms with Crippen molar-refractivity contribution in [1.82, 2.24) is 4.98 Å². The van der Waals surface area contributed by atoms with Crippen LogP contribution in [0.5, 0.6) is 0 Å². The van der Waals surface area contributed by atoms with Crippen LogP contribution < -0.4 is 5.73 Å². The van der Waals surface area contributed by atoms with Gasteiger partial charge in [-0.25, -0.2) is 8.78 Å². The van der Waals surface area contributed by atoms with Crippen molar-refractivity contribution in [3.8, 4) is 6.07 Å². The third-order valence-corrected chi connectivity index (χ3v) is 1.74. The summed E-state index contributed by atoms with van der Waals surface area (Å²) < 4.78 is 24.5. The Hall–Kier alpha value is -1.70. The molecule has 0 aliphatic heterocycles. The monoisotopic (exact) mass is 183 g/mol. The molecule has 0 aliphatic rings. The summed E-state index contributed by atoms with van der Waals surface area (Å²) in [6.45, 7) is 1.42. The average Bonchev–Trinajstić information content (AvgIpc) is 2.09. The molecule has 0 saturated carbocycles. The lowest BCUT2D eigenvalue weighted by atomic mass is 10.1. The Morgan fingerprint density at radius 3 is 2.69 bits per heavy atom. The first kappa shape index (κ1) is 9.39. The van der Waals surface area contributed by atoms with E-state index in [1.807, 2.05) is 0 Å². The molecule has 0 atom stereocenters. The van der Waals surface area contributed by atoms with Crippen LogP contribution in [0.15, 0.2) is 6.20 Å². The fourth-order valence-corrected chi connectivity index (χ4v) is 0.950. The second kappa shape index (κ2) is 3.35. The molecule has 68 valence electrons. The first-order valence-electron chi connectivity index (χ1n) is 3.51. The number of aromatic nitrogens is 1. The number of anilines is 1. The molecule has 0 amide bonds. The first-order valence-corrected chi connectivity index (χ1v) is 3.51. The quantitative estimate of drug-likeness (QED) is 0.721. The number of halogens is 2. The zero-order valence-electron chi connectivity index (χ0n) is 6.88. The summed E-state index contributed by atoms with van der Waals surface area (Å²) in [5.41, 5.74) is 5.45. The molecule has 1 heterocycles. The Morgan fingerprint density at radius 1 is 1.62 bits per heavy atom. The van der Waals surface area contributed by atoms with E-state index in [4.69, 9.17) is 11.0 Å². The number of hydrogen-bond donors (Lipinski definition) is 1. The van der Waals surface area contributed by atoms with Crippen LogP contribution in [0.3, 0.4) is 0 Å². The van der Waals surface area contributed by atoms with Gasteiger partial charge in [0.2, 0.25) is 0 Å². The van der Waals surface area contributed by atoms with Gasteiger partial charge < -0.3 is 5.73 Å². The number of nitriles is 1. The molecule has 0 radical (unpaired) electrons. The fourth-order valence-electron chi connectivity index (χ4n) is 0.950. The maximum Gasteiger partial charge on any atom is 0.280 e. The lowest BCUT2D eigenvalue weighted by molar-refractivity contribution is 0.145. The number of hydrogen-bond acceptors (Lipinski definition) is 3. The fraction of sp³-hybridized carbons (Fsp3) is 0.250. The number of nitrogens with zero attached hydrogens (tertiary/aromatic N) is 2. The third kappa shape index (κ3) is 1.56. The highest BCUT2D eigenvalue weighted by molar-refractivity contribution is 5.59. The van der Waals surface area contributed by atoms with E-state index in [0.29, 0.717) is 0 Å². The third-order valence-electron chi connectivity index (χ3n) is 1.74. The standard InChI is InChI=1S/C8H7F2N3/c1-4-6(12)5(2-11)3-13-7(4)8(9)10/h3,8H,1H3,(H2,12,13). The average molecular weight is 183 g/mol. The van der Waals surface area contributed by atoms with Gasteiger partial charge in [-0.3, -0.25) is 4.98 Å². The lowest BCUT2D eigenvalue weighted by Crippen LogP contribution is -2.02. The highest BCUT2D eigenvalue weighted by atomic mass is 19.3. The lowest BCUT2D eigenvalue weighted by Gasteiger charge is -2.06. The summed E-state index contributed by atoms with van der Waals surface area (Å²) in [6, 6.07) is 1.77. The van der Waals surface area contributed by atoms with Crippen molar-refractivity contribution < 1.29 is 8.78 Å².